The molecule has 1 heterocycles. The van der Waals surface area contributed by atoms with Crippen molar-refractivity contribution in [3.05, 3.63) is 47.9 Å². The van der Waals surface area contributed by atoms with Gasteiger partial charge in [0.25, 0.3) is 7.44 Å². The minimum absolute atomic E-state index is 0.433. The maximum absolute atomic E-state index is 11.5. The second kappa shape index (κ2) is 4.12. The van der Waals surface area contributed by atoms with Crippen LogP contribution >= 0.6 is 7.44 Å². The van der Waals surface area contributed by atoms with Crippen LogP contribution in [0.15, 0.2) is 42.3 Å². The zero-order chi connectivity index (χ0) is 11.6. The molecule has 0 saturated carbocycles. The molecule has 1 aliphatic rings. The third-order valence-electron chi connectivity index (χ3n) is 2.20. The normalized spacial score (nSPS) is 24.3. The lowest BCUT2D eigenvalue weighted by atomic mass is 10.2. The Hall–Kier alpha value is -1.58. The molecule has 2 rings (SSSR count). The number of rotatable bonds is 2. The maximum Gasteiger partial charge on any atom is 0.328 e. The lowest BCUT2D eigenvalue weighted by Crippen LogP contribution is -2.38. The van der Waals surface area contributed by atoms with E-state index in [-0.39, 0.29) is 0 Å². The van der Waals surface area contributed by atoms with Crippen LogP contribution in [0, 0.1) is 0 Å². The van der Waals surface area contributed by atoms with Gasteiger partial charge < -0.3 is 0 Å². The number of carbonyl (C=O) groups is 1. The van der Waals surface area contributed by atoms with E-state index in [0.29, 0.717) is 6.54 Å². The predicted molar refractivity (Wildman–Crippen MR) is 61.5 cm³/mol. The van der Waals surface area contributed by atoms with Crippen molar-refractivity contribution in [1.82, 2.24) is 9.99 Å². The fraction of sp³-hybridized carbons (Fsp3) is 0.100. The minimum Gasteiger partial charge on any atom is -0.296 e. The fourth-order valence-electron chi connectivity index (χ4n) is 1.40. The standard InChI is InChI=1S/C10H12N3O2P/c11-16(15)7-6-13(10(14)12-16)8-9-4-2-1-3-5-9/h1-7H,8H2,(H3,11,12,14,15). The summed E-state index contributed by atoms with van der Waals surface area (Å²) in [6.45, 7) is 0.434. The Bertz CT molecular complexity index is 472. The van der Waals surface area contributed by atoms with Crippen molar-refractivity contribution in [2.75, 3.05) is 0 Å². The summed E-state index contributed by atoms with van der Waals surface area (Å²) in [5, 5.41) is 2.26. The second-order valence-corrected chi connectivity index (χ2v) is 5.48. The molecule has 1 aromatic carbocycles. The van der Waals surface area contributed by atoms with Crippen LogP contribution in [0.25, 0.3) is 0 Å². The second-order valence-electron chi connectivity index (χ2n) is 3.54. The van der Waals surface area contributed by atoms with Gasteiger partial charge in [0.1, 0.15) is 0 Å². The van der Waals surface area contributed by atoms with Crippen molar-refractivity contribution in [2.24, 2.45) is 5.50 Å². The third kappa shape index (κ3) is 2.51. The van der Waals surface area contributed by atoms with E-state index in [4.69, 9.17) is 5.50 Å². The van der Waals surface area contributed by atoms with Crippen LogP contribution in [0.1, 0.15) is 5.56 Å². The summed E-state index contributed by atoms with van der Waals surface area (Å²) < 4.78 is 11.4. The Morgan fingerprint density at radius 3 is 2.62 bits per heavy atom. The molecule has 5 nitrogen and oxygen atoms in total. The number of nitrogens with two attached hydrogens (primary N) is 1. The van der Waals surface area contributed by atoms with Crippen molar-refractivity contribution in [2.45, 2.75) is 6.54 Å². The summed E-state index contributed by atoms with van der Waals surface area (Å²) in [6, 6.07) is 9.10. The topological polar surface area (TPSA) is 75.4 Å². The van der Waals surface area contributed by atoms with Crippen molar-refractivity contribution >= 4 is 13.5 Å². The van der Waals surface area contributed by atoms with E-state index in [1.807, 2.05) is 30.3 Å². The van der Waals surface area contributed by atoms with E-state index >= 15 is 0 Å². The number of amides is 2. The van der Waals surface area contributed by atoms with Crippen LogP contribution in [-0.4, -0.2) is 10.9 Å². The van der Waals surface area contributed by atoms with Crippen LogP contribution < -0.4 is 10.6 Å². The number of nitrogens with one attached hydrogen (secondary N) is 1. The largest absolute Gasteiger partial charge is 0.328 e. The molecular weight excluding hydrogens is 225 g/mol. The van der Waals surface area contributed by atoms with Crippen molar-refractivity contribution < 1.29 is 9.36 Å². The Balaban J connectivity index is 2.13. The van der Waals surface area contributed by atoms with E-state index in [2.05, 4.69) is 5.09 Å². The summed E-state index contributed by atoms with van der Waals surface area (Å²) in [5.74, 6) is 1.33. The van der Waals surface area contributed by atoms with E-state index in [9.17, 15) is 9.36 Å². The van der Waals surface area contributed by atoms with Crippen molar-refractivity contribution in [1.29, 1.82) is 0 Å². The summed E-state index contributed by atoms with van der Waals surface area (Å²) in [7, 11) is -3.11. The fourth-order valence-corrected chi connectivity index (χ4v) is 2.26. The average Bonchev–Trinajstić information content (AvgIpc) is 2.23. The Labute approximate surface area is 93.4 Å². The van der Waals surface area contributed by atoms with Crippen LogP contribution in [0.2, 0.25) is 0 Å². The van der Waals surface area contributed by atoms with Crippen LogP contribution in [-0.2, 0) is 11.1 Å². The molecule has 1 atom stereocenters. The molecule has 0 aromatic heterocycles. The average molecular weight is 237 g/mol. The van der Waals surface area contributed by atoms with E-state index in [0.717, 1.165) is 5.56 Å². The SMILES string of the molecule is NP1(=O)C=CN(Cc2ccccc2)C(=O)N1. The number of benzene rings is 1. The van der Waals surface area contributed by atoms with Gasteiger partial charge in [-0.3, -0.25) is 20.1 Å². The minimum atomic E-state index is -3.11. The monoisotopic (exact) mass is 237 g/mol. The molecule has 16 heavy (non-hydrogen) atoms. The van der Waals surface area contributed by atoms with E-state index in [1.54, 1.807) is 0 Å². The molecule has 2 amide bonds. The Kier molecular flexibility index (Phi) is 2.81. The summed E-state index contributed by atoms with van der Waals surface area (Å²) in [5.41, 5.74) is 6.33. The highest BCUT2D eigenvalue weighted by Gasteiger charge is 2.24. The maximum atomic E-state index is 11.5. The van der Waals surface area contributed by atoms with Gasteiger partial charge >= 0.3 is 6.03 Å². The van der Waals surface area contributed by atoms with E-state index < -0.39 is 13.5 Å². The number of hydrogen-bond donors (Lipinski definition) is 2. The zero-order valence-corrected chi connectivity index (χ0v) is 9.43. The quantitative estimate of drug-likeness (QED) is 0.770. The summed E-state index contributed by atoms with van der Waals surface area (Å²) in [4.78, 5) is 13.0. The van der Waals surface area contributed by atoms with Gasteiger partial charge in [-0.25, -0.2) is 4.79 Å². The molecule has 1 unspecified atom stereocenters. The molecule has 1 aliphatic heterocycles. The molecular formula is C10H12N3O2P. The van der Waals surface area contributed by atoms with E-state index in [1.165, 1.54) is 16.9 Å². The molecule has 0 bridgehead atoms. The van der Waals surface area contributed by atoms with Crippen LogP contribution in [0.3, 0.4) is 0 Å². The molecule has 0 aliphatic carbocycles. The van der Waals surface area contributed by atoms with Crippen LogP contribution in [0.4, 0.5) is 4.79 Å². The first-order valence-corrected chi connectivity index (χ1v) is 6.62. The van der Waals surface area contributed by atoms with Gasteiger partial charge in [0, 0.05) is 12.0 Å². The highest BCUT2D eigenvalue weighted by atomic mass is 31.2. The van der Waals surface area contributed by atoms with Gasteiger partial charge in [-0.15, -0.1) is 0 Å². The van der Waals surface area contributed by atoms with Crippen LogP contribution in [0.5, 0.6) is 0 Å². The molecule has 1 aromatic rings. The van der Waals surface area contributed by atoms with Gasteiger partial charge in [0.15, 0.2) is 0 Å². The number of urea groups is 1. The lowest BCUT2D eigenvalue weighted by Gasteiger charge is -2.25. The first kappa shape index (κ1) is 10.9. The van der Waals surface area contributed by atoms with Crippen molar-refractivity contribution in [3.63, 3.8) is 0 Å². The first-order chi connectivity index (χ1) is 7.57. The highest BCUT2D eigenvalue weighted by Crippen LogP contribution is 2.35. The highest BCUT2D eigenvalue weighted by molar-refractivity contribution is 7.63. The van der Waals surface area contributed by atoms with Gasteiger partial charge in [-0.1, -0.05) is 30.3 Å². The molecule has 84 valence electrons. The molecule has 3 N–H and O–H groups in total. The third-order valence-corrected chi connectivity index (χ3v) is 3.31. The smallest absolute Gasteiger partial charge is 0.296 e. The van der Waals surface area contributed by atoms with Crippen molar-refractivity contribution in [3.8, 4) is 0 Å². The Morgan fingerprint density at radius 1 is 1.31 bits per heavy atom. The zero-order valence-electron chi connectivity index (χ0n) is 8.54. The van der Waals surface area contributed by atoms with Gasteiger partial charge in [0.2, 0.25) is 0 Å². The summed E-state index contributed by atoms with van der Waals surface area (Å²) >= 11 is 0. The molecule has 6 heteroatoms. The molecule has 0 spiro atoms. The number of carbonyl (C=O) groups excluding carboxylic acids is 1. The first-order valence-electron chi connectivity index (χ1n) is 4.77. The van der Waals surface area contributed by atoms with Gasteiger partial charge in [-0.2, -0.15) is 0 Å². The molecule has 0 saturated heterocycles. The molecule has 0 radical (unpaired) electrons. The van der Waals surface area contributed by atoms with Gasteiger partial charge in [-0.05, 0) is 5.56 Å². The Morgan fingerprint density at radius 2 is 2.00 bits per heavy atom. The number of nitrogens with zero attached hydrogens (tertiary/aromatic N) is 1. The predicted octanol–water partition coefficient (Wildman–Crippen LogP) is 1.83. The lowest BCUT2D eigenvalue weighted by molar-refractivity contribution is 0.218. The van der Waals surface area contributed by atoms with Gasteiger partial charge in [0.05, 0.1) is 6.54 Å². The number of hydrogen-bond acceptors (Lipinski definition) is 2. The summed E-state index contributed by atoms with van der Waals surface area (Å²) in [6.07, 6.45) is 1.46. The molecule has 0 fully saturated rings.